The molecule has 6 nitrogen and oxygen atoms in total. The lowest BCUT2D eigenvalue weighted by molar-refractivity contribution is -0.137. The molecule has 1 saturated heterocycles. The maximum absolute atomic E-state index is 12.2. The molecule has 1 atom stereocenters. The molecule has 0 aromatic heterocycles. The second kappa shape index (κ2) is 7.64. The number of hydrogen-bond donors (Lipinski definition) is 2. The van der Waals surface area contributed by atoms with E-state index in [1.54, 1.807) is 4.90 Å². The predicted octanol–water partition coefficient (Wildman–Crippen LogP) is 1.37. The van der Waals surface area contributed by atoms with Gasteiger partial charge in [0.2, 0.25) is 0 Å². The van der Waals surface area contributed by atoms with E-state index in [1.165, 1.54) is 25.9 Å². The van der Waals surface area contributed by atoms with Crippen LogP contribution < -0.4 is 5.32 Å². The Balaban J connectivity index is 1.69. The second-order valence-corrected chi connectivity index (χ2v) is 6.37. The average molecular weight is 297 g/mol. The van der Waals surface area contributed by atoms with Crippen molar-refractivity contribution in [3.05, 3.63) is 0 Å². The second-order valence-electron chi connectivity index (χ2n) is 6.37. The van der Waals surface area contributed by atoms with E-state index in [2.05, 4.69) is 17.1 Å². The highest BCUT2D eigenvalue weighted by Crippen LogP contribution is 2.26. The Morgan fingerprint density at radius 3 is 2.57 bits per heavy atom. The number of carbonyl (C=O) groups excluding carboxylic acids is 1. The summed E-state index contributed by atoms with van der Waals surface area (Å²) in [6, 6.07) is 0.144. The summed E-state index contributed by atoms with van der Waals surface area (Å²) in [5.74, 6) is -0.427. The average Bonchev–Trinajstić information content (AvgIpc) is 3.14. The Morgan fingerprint density at radius 2 is 2.00 bits per heavy atom. The number of hydrogen-bond acceptors (Lipinski definition) is 3. The van der Waals surface area contributed by atoms with Crippen molar-refractivity contribution in [3.8, 4) is 0 Å². The number of aliphatic carboxylic acids is 1. The number of carbonyl (C=O) groups is 2. The summed E-state index contributed by atoms with van der Waals surface area (Å²) in [6.07, 6.45) is 4.58. The molecule has 21 heavy (non-hydrogen) atoms. The summed E-state index contributed by atoms with van der Waals surface area (Å²) in [5, 5.41) is 11.7. The van der Waals surface area contributed by atoms with E-state index in [-0.39, 0.29) is 18.5 Å². The van der Waals surface area contributed by atoms with Crippen LogP contribution in [-0.4, -0.2) is 65.7 Å². The molecule has 6 heteroatoms. The largest absolute Gasteiger partial charge is 0.481 e. The minimum absolute atomic E-state index is 0.0211. The highest BCUT2D eigenvalue weighted by atomic mass is 16.4. The molecule has 0 aromatic rings. The van der Waals surface area contributed by atoms with Crippen LogP contribution in [0.2, 0.25) is 0 Å². The fourth-order valence-corrected chi connectivity index (χ4v) is 2.89. The first-order valence-electron chi connectivity index (χ1n) is 8.05. The molecule has 2 N–H and O–H groups in total. The van der Waals surface area contributed by atoms with Gasteiger partial charge in [-0.15, -0.1) is 0 Å². The molecule has 120 valence electrons. The Morgan fingerprint density at radius 1 is 1.33 bits per heavy atom. The van der Waals surface area contributed by atoms with E-state index in [9.17, 15) is 9.59 Å². The number of urea groups is 1. The number of carboxylic acids is 1. The monoisotopic (exact) mass is 297 g/mol. The fourth-order valence-electron chi connectivity index (χ4n) is 2.89. The maximum atomic E-state index is 12.2. The van der Waals surface area contributed by atoms with Gasteiger partial charge >= 0.3 is 12.0 Å². The van der Waals surface area contributed by atoms with Crippen molar-refractivity contribution in [1.82, 2.24) is 15.1 Å². The van der Waals surface area contributed by atoms with Gasteiger partial charge in [0.05, 0.1) is 6.42 Å². The quantitative estimate of drug-likeness (QED) is 0.709. The predicted molar refractivity (Wildman–Crippen MR) is 80.2 cm³/mol. The molecule has 2 rings (SSSR count). The number of nitrogens with zero attached hydrogens (tertiary/aromatic N) is 2. The maximum Gasteiger partial charge on any atom is 0.317 e. The van der Waals surface area contributed by atoms with Gasteiger partial charge in [0.1, 0.15) is 0 Å². The van der Waals surface area contributed by atoms with Crippen molar-refractivity contribution in [2.75, 3.05) is 32.7 Å². The fraction of sp³-hybridized carbons (Fsp3) is 0.867. The summed E-state index contributed by atoms with van der Waals surface area (Å²) in [7, 11) is 0. The van der Waals surface area contributed by atoms with E-state index in [0.717, 1.165) is 19.4 Å². The summed E-state index contributed by atoms with van der Waals surface area (Å²) < 4.78 is 0. The lowest BCUT2D eigenvalue weighted by Gasteiger charge is -2.25. The Labute approximate surface area is 126 Å². The molecule has 1 aliphatic heterocycles. The zero-order valence-corrected chi connectivity index (χ0v) is 12.9. The van der Waals surface area contributed by atoms with Crippen LogP contribution in [0.25, 0.3) is 0 Å². The van der Waals surface area contributed by atoms with E-state index >= 15 is 0 Å². The van der Waals surface area contributed by atoms with Crippen LogP contribution in [0.15, 0.2) is 0 Å². The molecule has 0 radical (unpaired) electrons. The first-order valence-corrected chi connectivity index (χ1v) is 8.05. The normalized spacial score (nSPS) is 20.2. The van der Waals surface area contributed by atoms with Crippen LogP contribution in [-0.2, 0) is 4.79 Å². The molecule has 0 spiro atoms. The van der Waals surface area contributed by atoms with Gasteiger partial charge in [-0.05, 0) is 44.7 Å². The first-order chi connectivity index (χ1) is 10.1. The molecular formula is C15H27N3O3. The SMILES string of the molecule is CC(CNC(=O)N(CCC(=O)O)C1CC1)CN1CCCC1. The van der Waals surface area contributed by atoms with Crippen molar-refractivity contribution in [2.24, 2.45) is 5.92 Å². The molecule has 2 fully saturated rings. The van der Waals surface area contributed by atoms with E-state index in [0.29, 0.717) is 19.0 Å². The van der Waals surface area contributed by atoms with Crippen molar-refractivity contribution in [3.63, 3.8) is 0 Å². The minimum Gasteiger partial charge on any atom is -0.481 e. The van der Waals surface area contributed by atoms with Crippen LogP contribution in [0.4, 0.5) is 4.79 Å². The number of carboxylic acid groups (broad SMARTS) is 1. The van der Waals surface area contributed by atoms with Gasteiger partial charge in [-0.3, -0.25) is 4.79 Å². The molecule has 1 saturated carbocycles. The topological polar surface area (TPSA) is 72.9 Å². The minimum atomic E-state index is -0.851. The van der Waals surface area contributed by atoms with Crippen molar-refractivity contribution >= 4 is 12.0 Å². The standard InChI is InChI=1S/C15H27N3O3/c1-12(11-17-7-2-3-8-17)10-16-15(21)18(13-4-5-13)9-6-14(19)20/h12-13H,2-11H2,1H3,(H,16,21)(H,19,20). The van der Waals surface area contributed by atoms with E-state index in [4.69, 9.17) is 5.11 Å². The first kappa shape index (κ1) is 16.1. The van der Waals surface area contributed by atoms with Gasteiger partial charge in [0.25, 0.3) is 0 Å². The van der Waals surface area contributed by atoms with Gasteiger partial charge in [0, 0.05) is 25.7 Å². The van der Waals surface area contributed by atoms with Gasteiger partial charge in [-0.2, -0.15) is 0 Å². The van der Waals surface area contributed by atoms with Gasteiger partial charge in [0.15, 0.2) is 0 Å². The summed E-state index contributed by atoms with van der Waals surface area (Å²) in [6.45, 7) is 6.49. The molecule has 2 aliphatic rings. The van der Waals surface area contributed by atoms with Crippen molar-refractivity contribution in [2.45, 2.75) is 45.1 Å². The molecule has 1 unspecified atom stereocenters. The Kier molecular flexibility index (Phi) is 5.85. The molecule has 0 aromatic carbocycles. The third-order valence-corrected chi connectivity index (χ3v) is 4.19. The zero-order chi connectivity index (χ0) is 15.2. The zero-order valence-electron chi connectivity index (χ0n) is 12.9. The van der Waals surface area contributed by atoms with Gasteiger partial charge in [-0.25, -0.2) is 4.79 Å². The summed E-state index contributed by atoms with van der Waals surface area (Å²) in [5.41, 5.74) is 0. The van der Waals surface area contributed by atoms with Crippen LogP contribution in [0.5, 0.6) is 0 Å². The van der Waals surface area contributed by atoms with Crippen LogP contribution in [0.3, 0.4) is 0 Å². The molecule has 1 aliphatic carbocycles. The highest BCUT2D eigenvalue weighted by Gasteiger charge is 2.32. The molecule has 0 bridgehead atoms. The lowest BCUT2D eigenvalue weighted by atomic mass is 10.1. The van der Waals surface area contributed by atoms with Gasteiger partial charge in [-0.1, -0.05) is 6.92 Å². The smallest absolute Gasteiger partial charge is 0.317 e. The Bertz CT molecular complexity index is 365. The van der Waals surface area contributed by atoms with Crippen LogP contribution in [0.1, 0.15) is 39.0 Å². The third kappa shape index (κ3) is 5.53. The highest BCUT2D eigenvalue weighted by molar-refractivity contribution is 5.76. The van der Waals surface area contributed by atoms with Crippen LogP contribution >= 0.6 is 0 Å². The van der Waals surface area contributed by atoms with Gasteiger partial charge < -0.3 is 20.2 Å². The summed E-state index contributed by atoms with van der Waals surface area (Å²) >= 11 is 0. The van der Waals surface area contributed by atoms with Crippen LogP contribution in [0, 0.1) is 5.92 Å². The number of nitrogens with one attached hydrogen (secondary N) is 1. The van der Waals surface area contributed by atoms with E-state index < -0.39 is 5.97 Å². The third-order valence-electron chi connectivity index (χ3n) is 4.19. The van der Waals surface area contributed by atoms with Crippen molar-refractivity contribution < 1.29 is 14.7 Å². The number of likely N-dealkylation sites (tertiary alicyclic amines) is 1. The number of rotatable bonds is 8. The molecular weight excluding hydrogens is 270 g/mol. The summed E-state index contributed by atoms with van der Waals surface area (Å²) in [4.78, 5) is 27.0. The Hall–Kier alpha value is -1.30. The lowest BCUT2D eigenvalue weighted by Crippen LogP contribution is -2.44. The molecule has 2 amide bonds. The number of amides is 2. The van der Waals surface area contributed by atoms with E-state index in [1.807, 2.05) is 0 Å². The molecule has 1 heterocycles. The van der Waals surface area contributed by atoms with Crippen molar-refractivity contribution in [1.29, 1.82) is 0 Å².